The SMILES string of the molecule is C=c1cc(C(C)(C)C)cc/c1=C/C=C(\C)CC(C)(C)CC(C)(C)CC(C)(C)c1cc/c(=C/C=C(\C)S)c(=C)c1. The van der Waals surface area contributed by atoms with Crippen LogP contribution in [0, 0.1) is 10.8 Å². The molecule has 0 atom stereocenters. The quantitative estimate of drug-likeness (QED) is 0.302. The first kappa shape index (κ1) is 33.0. The van der Waals surface area contributed by atoms with E-state index in [1.165, 1.54) is 21.9 Å². The highest BCUT2D eigenvalue weighted by molar-refractivity contribution is 7.84. The summed E-state index contributed by atoms with van der Waals surface area (Å²) in [6, 6.07) is 13.4. The molecule has 0 aliphatic rings. The molecule has 0 bridgehead atoms. The summed E-state index contributed by atoms with van der Waals surface area (Å²) < 4.78 is 0. The first-order valence-electron chi connectivity index (χ1n) is 14.3. The van der Waals surface area contributed by atoms with Gasteiger partial charge in [-0.1, -0.05) is 142 Å². The number of rotatable bonds is 9. The number of benzene rings is 2. The zero-order chi connectivity index (χ0) is 29.8. The fourth-order valence-corrected chi connectivity index (χ4v) is 6.47. The highest BCUT2D eigenvalue weighted by Gasteiger charge is 2.34. The molecular weight excluding hydrogens is 488 g/mol. The van der Waals surface area contributed by atoms with Gasteiger partial charge in [0.05, 0.1) is 0 Å². The number of allylic oxidation sites excluding steroid dienone is 4. The highest BCUT2D eigenvalue weighted by atomic mass is 32.1. The Bertz CT molecular complexity index is 1430. The average molecular weight is 543 g/mol. The van der Waals surface area contributed by atoms with Gasteiger partial charge in [-0.3, -0.25) is 0 Å². The van der Waals surface area contributed by atoms with E-state index in [1.807, 2.05) is 13.0 Å². The molecule has 212 valence electrons. The van der Waals surface area contributed by atoms with Gasteiger partial charge in [0.25, 0.3) is 0 Å². The maximum atomic E-state index is 4.38. The van der Waals surface area contributed by atoms with Crippen molar-refractivity contribution in [1.29, 1.82) is 0 Å². The molecule has 2 aromatic rings. The normalized spacial score (nSPS) is 15.3. The molecule has 0 nitrogen and oxygen atoms in total. The molecule has 0 aliphatic carbocycles. The van der Waals surface area contributed by atoms with Crippen LogP contribution in [0.2, 0.25) is 0 Å². The van der Waals surface area contributed by atoms with Crippen molar-refractivity contribution in [2.75, 3.05) is 0 Å². The van der Waals surface area contributed by atoms with Gasteiger partial charge in [-0.25, -0.2) is 0 Å². The third kappa shape index (κ3) is 10.3. The van der Waals surface area contributed by atoms with Crippen molar-refractivity contribution in [3.63, 3.8) is 0 Å². The van der Waals surface area contributed by atoms with E-state index >= 15 is 0 Å². The minimum atomic E-state index is 0.0578. The number of thiol groups is 1. The lowest BCUT2D eigenvalue weighted by Gasteiger charge is -2.40. The predicted octanol–water partition coefficient (Wildman–Crippen LogP) is 8.35. The molecule has 0 radical (unpaired) electrons. The summed E-state index contributed by atoms with van der Waals surface area (Å²) in [5.41, 5.74) is 4.69. The molecule has 0 N–H and O–H groups in total. The van der Waals surface area contributed by atoms with Crippen LogP contribution in [-0.4, -0.2) is 0 Å². The van der Waals surface area contributed by atoms with Gasteiger partial charge in [-0.2, -0.15) is 0 Å². The first-order chi connectivity index (χ1) is 17.7. The van der Waals surface area contributed by atoms with E-state index in [0.29, 0.717) is 0 Å². The van der Waals surface area contributed by atoms with Gasteiger partial charge in [0.2, 0.25) is 0 Å². The molecule has 39 heavy (non-hydrogen) atoms. The van der Waals surface area contributed by atoms with Crippen LogP contribution in [0.4, 0.5) is 0 Å². The molecule has 0 aromatic heterocycles. The molecule has 0 spiro atoms. The Morgan fingerprint density at radius 2 is 1.18 bits per heavy atom. The predicted molar refractivity (Wildman–Crippen MR) is 181 cm³/mol. The molecule has 0 unspecified atom stereocenters. The van der Waals surface area contributed by atoms with Gasteiger partial charge in [-0.05, 0) is 91.7 Å². The second kappa shape index (κ2) is 12.5. The van der Waals surface area contributed by atoms with Crippen molar-refractivity contribution < 1.29 is 0 Å². The van der Waals surface area contributed by atoms with E-state index in [0.717, 1.165) is 39.8 Å². The lowest BCUT2D eigenvalue weighted by molar-refractivity contribution is 0.153. The van der Waals surface area contributed by atoms with E-state index in [4.69, 9.17) is 0 Å². The van der Waals surface area contributed by atoms with Crippen LogP contribution in [0.25, 0.3) is 25.3 Å². The Morgan fingerprint density at radius 1 is 0.692 bits per heavy atom. The van der Waals surface area contributed by atoms with Crippen LogP contribution in [-0.2, 0) is 10.8 Å². The Balaban J connectivity index is 2.17. The lowest BCUT2D eigenvalue weighted by Crippen LogP contribution is -2.33. The highest BCUT2D eigenvalue weighted by Crippen LogP contribution is 2.45. The summed E-state index contributed by atoms with van der Waals surface area (Å²) in [5, 5.41) is 4.52. The maximum absolute atomic E-state index is 4.38. The molecule has 1 heteroatoms. The fraction of sp³-hybridized carbons (Fsp3) is 0.474. The fourth-order valence-electron chi connectivity index (χ4n) is 6.40. The summed E-state index contributed by atoms with van der Waals surface area (Å²) in [6.45, 7) is 34.1. The van der Waals surface area contributed by atoms with Crippen molar-refractivity contribution in [2.45, 2.75) is 106 Å². The largest absolute Gasteiger partial charge is 0.148 e. The third-order valence-electron chi connectivity index (χ3n) is 7.62. The van der Waals surface area contributed by atoms with Gasteiger partial charge < -0.3 is 0 Å². The van der Waals surface area contributed by atoms with Crippen molar-refractivity contribution in [3.05, 3.63) is 91.0 Å². The van der Waals surface area contributed by atoms with E-state index in [-0.39, 0.29) is 21.7 Å². The summed E-state index contributed by atoms with van der Waals surface area (Å²) in [6.07, 6.45) is 12.0. The first-order valence-corrected chi connectivity index (χ1v) is 14.8. The van der Waals surface area contributed by atoms with Crippen molar-refractivity contribution in [3.8, 4) is 0 Å². The molecular formula is C38H54S. The molecule has 0 heterocycles. The van der Waals surface area contributed by atoms with Crippen LogP contribution in [0.3, 0.4) is 0 Å². The van der Waals surface area contributed by atoms with Gasteiger partial charge in [0.15, 0.2) is 0 Å². The van der Waals surface area contributed by atoms with Crippen LogP contribution < -0.4 is 20.9 Å². The Hall–Kier alpha value is -2.25. The second-order valence-electron chi connectivity index (χ2n) is 15.0. The smallest absolute Gasteiger partial charge is 0.00983 e. The molecule has 0 saturated carbocycles. The van der Waals surface area contributed by atoms with Gasteiger partial charge in [-0.15, -0.1) is 12.6 Å². The second-order valence-corrected chi connectivity index (χ2v) is 15.7. The molecule has 2 rings (SSSR count). The van der Waals surface area contributed by atoms with Crippen LogP contribution in [0.5, 0.6) is 0 Å². The summed E-state index contributed by atoms with van der Waals surface area (Å²) in [7, 11) is 0. The minimum absolute atomic E-state index is 0.0578. The molecule has 0 fully saturated rings. The Morgan fingerprint density at radius 3 is 1.67 bits per heavy atom. The maximum Gasteiger partial charge on any atom is -0.00983 e. The topological polar surface area (TPSA) is 0 Å². The minimum Gasteiger partial charge on any atom is -0.148 e. The third-order valence-corrected chi connectivity index (χ3v) is 7.77. The molecule has 0 amide bonds. The van der Waals surface area contributed by atoms with Crippen molar-refractivity contribution >= 4 is 37.9 Å². The van der Waals surface area contributed by atoms with E-state index in [1.54, 1.807) is 0 Å². The monoisotopic (exact) mass is 542 g/mol. The summed E-state index contributed by atoms with van der Waals surface area (Å²) in [5.74, 6) is 0. The van der Waals surface area contributed by atoms with Crippen molar-refractivity contribution in [1.82, 2.24) is 0 Å². The number of hydrogen-bond donors (Lipinski definition) is 1. The van der Waals surface area contributed by atoms with Crippen LogP contribution in [0.1, 0.15) is 107 Å². The van der Waals surface area contributed by atoms with E-state index in [9.17, 15) is 0 Å². The van der Waals surface area contributed by atoms with Gasteiger partial charge in [0.1, 0.15) is 0 Å². The van der Waals surface area contributed by atoms with Gasteiger partial charge >= 0.3 is 0 Å². The van der Waals surface area contributed by atoms with Crippen LogP contribution >= 0.6 is 12.6 Å². The average Bonchev–Trinajstić information content (AvgIpc) is 2.74. The molecule has 0 saturated heterocycles. The Kier molecular flexibility index (Phi) is 10.6. The van der Waals surface area contributed by atoms with Crippen LogP contribution in [0.15, 0.2) is 59.0 Å². The molecule has 2 aromatic carbocycles. The zero-order valence-electron chi connectivity index (χ0n) is 26.8. The van der Waals surface area contributed by atoms with Gasteiger partial charge in [0, 0.05) is 0 Å². The Labute approximate surface area is 245 Å². The molecule has 0 aliphatic heterocycles. The lowest BCUT2D eigenvalue weighted by atomic mass is 9.64. The van der Waals surface area contributed by atoms with E-state index < -0.39 is 0 Å². The summed E-state index contributed by atoms with van der Waals surface area (Å²) >= 11 is 4.38. The standard InChI is InChI=1S/C38H54S/c1-27(14-16-31-18-20-33(22-28(31)2)35(5,6)7)24-36(8,9)25-37(10,11)26-38(12,13)34-21-19-32(29(3)23-34)17-15-30(4)39/h14-23,39H,2-3,24-26H2,1,4-13H3/b27-14+,30-15+,31-16-,32-17-. The number of hydrogen-bond acceptors (Lipinski definition) is 1. The summed E-state index contributed by atoms with van der Waals surface area (Å²) in [4.78, 5) is 0.994. The van der Waals surface area contributed by atoms with E-state index in [2.05, 4.69) is 150 Å². The van der Waals surface area contributed by atoms with Crippen molar-refractivity contribution in [2.24, 2.45) is 10.8 Å². The zero-order valence-corrected chi connectivity index (χ0v) is 27.7.